The van der Waals surface area contributed by atoms with Gasteiger partial charge in [0, 0.05) is 12.1 Å². The zero-order chi connectivity index (χ0) is 21.7. The van der Waals surface area contributed by atoms with Crippen molar-refractivity contribution in [3.05, 3.63) is 89.0 Å². The van der Waals surface area contributed by atoms with Crippen molar-refractivity contribution in [3.8, 4) is 5.75 Å². The van der Waals surface area contributed by atoms with E-state index in [9.17, 15) is 13.2 Å². The first-order valence-electron chi connectivity index (χ1n) is 9.40. The van der Waals surface area contributed by atoms with Crippen LogP contribution in [-0.4, -0.2) is 21.4 Å². The summed E-state index contributed by atoms with van der Waals surface area (Å²) in [6, 6.07) is 18.9. The number of hydrogen-bond acceptors (Lipinski definition) is 4. The van der Waals surface area contributed by atoms with Crippen molar-refractivity contribution < 1.29 is 17.9 Å². The van der Waals surface area contributed by atoms with Crippen LogP contribution in [0.2, 0.25) is 0 Å². The number of carbonyl (C=O) groups is 1. The fourth-order valence-corrected chi connectivity index (χ4v) is 4.00. The van der Waals surface area contributed by atoms with Crippen molar-refractivity contribution in [2.45, 2.75) is 25.3 Å². The van der Waals surface area contributed by atoms with Gasteiger partial charge in [-0.15, -0.1) is 0 Å². The first-order valence-corrected chi connectivity index (χ1v) is 10.9. The van der Waals surface area contributed by atoms with Crippen LogP contribution in [-0.2, 0) is 16.6 Å². The Bertz CT molecular complexity index is 1140. The van der Waals surface area contributed by atoms with Gasteiger partial charge in [-0.1, -0.05) is 29.8 Å². The van der Waals surface area contributed by atoms with E-state index in [1.807, 2.05) is 31.2 Å². The number of methoxy groups -OCH3 is 1. The number of carbonyl (C=O) groups excluding carboxylic acids is 1. The Kier molecular flexibility index (Phi) is 6.42. The second kappa shape index (κ2) is 9.00. The Hall–Kier alpha value is -3.32. The molecule has 0 fully saturated rings. The first kappa shape index (κ1) is 21.4. The summed E-state index contributed by atoms with van der Waals surface area (Å²) in [6.45, 7) is 4.18. The molecule has 0 aliphatic heterocycles. The van der Waals surface area contributed by atoms with E-state index in [-0.39, 0.29) is 10.8 Å². The molecule has 0 saturated heterocycles. The summed E-state index contributed by atoms with van der Waals surface area (Å²) in [5.74, 6) is 0.356. The molecule has 3 aromatic rings. The van der Waals surface area contributed by atoms with Gasteiger partial charge in [0.25, 0.3) is 15.9 Å². The van der Waals surface area contributed by atoms with Gasteiger partial charge in [0.15, 0.2) is 0 Å². The molecule has 2 N–H and O–H groups in total. The maximum Gasteiger partial charge on any atom is 0.261 e. The molecule has 0 aromatic heterocycles. The second-order valence-corrected chi connectivity index (χ2v) is 8.66. The summed E-state index contributed by atoms with van der Waals surface area (Å²) in [6.07, 6.45) is 0. The maximum atomic E-state index is 12.6. The first-order chi connectivity index (χ1) is 14.3. The van der Waals surface area contributed by atoms with Gasteiger partial charge in [-0.05, 0) is 67.4 Å². The van der Waals surface area contributed by atoms with Crippen LogP contribution in [0.3, 0.4) is 0 Å². The average molecular weight is 425 g/mol. The number of sulfonamides is 1. The lowest BCUT2D eigenvalue weighted by Crippen LogP contribution is -2.23. The molecule has 3 aromatic carbocycles. The van der Waals surface area contributed by atoms with E-state index in [2.05, 4.69) is 10.0 Å². The molecule has 0 atom stereocenters. The summed E-state index contributed by atoms with van der Waals surface area (Å²) in [7, 11) is -2.23. The van der Waals surface area contributed by atoms with E-state index in [0.29, 0.717) is 29.1 Å². The van der Waals surface area contributed by atoms with E-state index in [4.69, 9.17) is 4.74 Å². The third-order valence-corrected chi connectivity index (χ3v) is 6.06. The Morgan fingerprint density at radius 2 is 1.60 bits per heavy atom. The van der Waals surface area contributed by atoms with E-state index >= 15 is 0 Å². The molecule has 0 saturated carbocycles. The smallest absolute Gasteiger partial charge is 0.261 e. The van der Waals surface area contributed by atoms with E-state index in [1.165, 1.54) is 19.2 Å². The Morgan fingerprint density at radius 1 is 0.933 bits per heavy atom. The number of hydrogen-bond donors (Lipinski definition) is 2. The van der Waals surface area contributed by atoms with Crippen molar-refractivity contribution in [2.24, 2.45) is 0 Å². The van der Waals surface area contributed by atoms with Crippen LogP contribution in [0.25, 0.3) is 0 Å². The molecule has 0 spiro atoms. The van der Waals surface area contributed by atoms with E-state index < -0.39 is 10.0 Å². The van der Waals surface area contributed by atoms with Gasteiger partial charge in [-0.2, -0.15) is 0 Å². The van der Waals surface area contributed by atoms with Crippen LogP contribution in [0.4, 0.5) is 5.69 Å². The molecule has 0 unspecified atom stereocenters. The van der Waals surface area contributed by atoms with Gasteiger partial charge in [-0.3, -0.25) is 9.52 Å². The molecule has 0 aliphatic rings. The number of rotatable bonds is 7. The lowest BCUT2D eigenvalue weighted by atomic mass is 10.1. The zero-order valence-corrected chi connectivity index (χ0v) is 17.9. The average Bonchev–Trinajstić information content (AvgIpc) is 2.74. The summed E-state index contributed by atoms with van der Waals surface area (Å²) >= 11 is 0. The van der Waals surface area contributed by atoms with Crippen LogP contribution in [0.1, 0.15) is 27.0 Å². The predicted octanol–water partition coefficient (Wildman–Crippen LogP) is 4.04. The second-order valence-electron chi connectivity index (χ2n) is 6.98. The normalized spacial score (nSPS) is 11.0. The topological polar surface area (TPSA) is 84.5 Å². The van der Waals surface area contributed by atoms with Crippen molar-refractivity contribution in [1.82, 2.24) is 5.32 Å². The molecule has 0 aliphatic carbocycles. The molecule has 0 heterocycles. The van der Waals surface area contributed by atoms with Gasteiger partial charge >= 0.3 is 0 Å². The highest BCUT2D eigenvalue weighted by Gasteiger charge is 2.16. The fourth-order valence-electron chi connectivity index (χ4n) is 2.87. The minimum Gasteiger partial charge on any atom is -0.497 e. The summed E-state index contributed by atoms with van der Waals surface area (Å²) in [4.78, 5) is 12.6. The fraction of sp³-hybridized carbons (Fsp3) is 0.174. The standard InChI is InChI=1S/C23H24N2O4S/c1-16-4-6-18(7-5-16)15-24-23(26)19-8-13-22(17(2)14-19)25-30(27,28)21-11-9-20(29-3)10-12-21/h4-14,25H,15H2,1-3H3,(H,24,26). The van der Waals surface area contributed by atoms with E-state index in [0.717, 1.165) is 11.1 Å². The van der Waals surface area contributed by atoms with Crippen LogP contribution in [0.5, 0.6) is 5.75 Å². The van der Waals surface area contributed by atoms with E-state index in [1.54, 1.807) is 37.3 Å². The largest absolute Gasteiger partial charge is 0.497 e. The number of amides is 1. The Balaban J connectivity index is 1.69. The number of aryl methyl sites for hydroxylation is 2. The minimum atomic E-state index is -3.75. The molecule has 156 valence electrons. The van der Waals surface area contributed by atoms with Gasteiger partial charge in [0.1, 0.15) is 5.75 Å². The molecule has 30 heavy (non-hydrogen) atoms. The van der Waals surface area contributed by atoms with Crippen molar-refractivity contribution >= 4 is 21.6 Å². The van der Waals surface area contributed by atoms with Gasteiger partial charge in [0.2, 0.25) is 0 Å². The Labute approximate surface area is 177 Å². The van der Waals surface area contributed by atoms with Crippen molar-refractivity contribution in [1.29, 1.82) is 0 Å². The monoisotopic (exact) mass is 424 g/mol. The lowest BCUT2D eigenvalue weighted by Gasteiger charge is -2.12. The molecule has 6 nitrogen and oxygen atoms in total. The number of benzene rings is 3. The molecule has 1 amide bonds. The van der Waals surface area contributed by atoms with Crippen LogP contribution in [0, 0.1) is 13.8 Å². The lowest BCUT2D eigenvalue weighted by molar-refractivity contribution is 0.0951. The highest BCUT2D eigenvalue weighted by atomic mass is 32.2. The Morgan fingerprint density at radius 3 is 2.20 bits per heavy atom. The maximum absolute atomic E-state index is 12.6. The summed E-state index contributed by atoms with van der Waals surface area (Å²) in [5.41, 5.74) is 3.70. The van der Waals surface area contributed by atoms with Crippen LogP contribution < -0.4 is 14.8 Å². The van der Waals surface area contributed by atoms with Crippen LogP contribution in [0.15, 0.2) is 71.6 Å². The van der Waals surface area contributed by atoms with Gasteiger partial charge in [0.05, 0.1) is 17.7 Å². The van der Waals surface area contributed by atoms with Crippen LogP contribution >= 0.6 is 0 Å². The van der Waals surface area contributed by atoms with Gasteiger partial charge in [-0.25, -0.2) is 8.42 Å². The molecular weight excluding hydrogens is 400 g/mol. The SMILES string of the molecule is COc1ccc(S(=O)(=O)Nc2ccc(C(=O)NCc3ccc(C)cc3)cc2C)cc1. The predicted molar refractivity (Wildman–Crippen MR) is 117 cm³/mol. The number of nitrogens with one attached hydrogen (secondary N) is 2. The molecule has 0 radical (unpaired) electrons. The van der Waals surface area contributed by atoms with Crippen molar-refractivity contribution in [2.75, 3.05) is 11.8 Å². The highest BCUT2D eigenvalue weighted by molar-refractivity contribution is 7.92. The summed E-state index contributed by atoms with van der Waals surface area (Å²) < 4.78 is 32.9. The molecule has 0 bridgehead atoms. The molecule has 7 heteroatoms. The van der Waals surface area contributed by atoms with Crippen molar-refractivity contribution in [3.63, 3.8) is 0 Å². The third kappa shape index (κ3) is 5.18. The van der Waals surface area contributed by atoms with Gasteiger partial charge < -0.3 is 10.1 Å². The zero-order valence-electron chi connectivity index (χ0n) is 17.1. The molecule has 3 rings (SSSR count). The summed E-state index contributed by atoms with van der Waals surface area (Å²) in [5, 5.41) is 2.88. The quantitative estimate of drug-likeness (QED) is 0.599. The number of anilines is 1. The highest BCUT2D eigenvalue weighted by Crippen LogP contribution is 2.22. The molecular formula is C23H24N2O4S. The minimum absolute atomic E-state index is 0.127. The number of ether oxygens (including phenoxy) is 1. The third-order valence-electron chi connectivity index (χ3n) is 4.68.